The van der Waals surface area contributed by atoms with Crippen molar-refractivity contribution in [1.82, 2.24) is 5.32 Å². The zero-order chi connectivity index (χ0) is 17.3. The van der Waals surface area contributed by atoms with Crippen molar-refractivity contribution in [2.24, 2.45) is 0 Å². The van der Waals surface area contributed by atoms with Crippen LogP contribution in [0.1, 0.15) is 71.6 Å². The molecule has 134 valence electrons. The fraction of sp³-hybridized carbons (Fsp3) is 0.778. The highest BCUT2D eigenvalue weighted by atomic mass is 16.6. The van der Waals surface area contributed by atoms with E-state index in [-0.39, 0.29) is 6.61 Å². The Morgan fingerprint density at radius 2 is 1.57 bits per heavy atom. The number of carbonyl (C=O) groups is 2. The van der Waals surface area contributed by atoms with Gasteiger partial charge >= 0.3 is 12.1 Å². The molecular weight excluding hydrogens is 294 g/mol. The summed E-state index contributed by atoms with van der Waals surface area (Å²) in [5.41, 5.74) is 0. The van der Waals surface area contributed by atoms with E-state index in [1.165, 1.54) is 51.0 Å². The van der Waals surface area contributed by atoms with Gasteiger partial charge in [-0.05, 0) is 13.3 Å². The molecule has 0 saturated heterocycles. The maximum atomic E-state index is 11.7. The van der Waals surface area contributed by atoms with Crippen molar-refractivity contribution >= 4 is 12.1 Å². The molecule has 0 aliphatic rings. The number of amides is 1. The van der Waals surface area contributed by atoms with Crippen molar-refractivity contribution in [3.05, 3.63) is 12.7 Å². The SMILES string of the molecule is C=CCOC(=O)NC(C)C(=O)OCCCCCCCCCCC. The Bertz CT molecular complexity index is 331. The van der Waals surface area contributed by atoms with Crippen LogP contribution < -0.4 is 5.32 Å². The predicted molar refractivity (Wildman–Crippen MR) is 92.3 cm³/mol. The average molecular weight is 327 g/mol. The zero-order valence-electron chi connectivity index (χ0n) is 14.8. The molecule has 0 bridgehead atoms. The van der Waals surface area contributed by atoms with E-state index in [1.54, 1.807) is 6.92 Å². The molecule has 0 aromatic carbocycles. The first-order valence-corrected chi connectivity index (χ1v) is 8.82. The molecule has 0 aromatic rings. The first-order valence-electron chi connectivity index (χ1n) is 8.82. The standard InChI is InChI=1S/C18H33NO4/c1-4-6-7-8-9-10-11-12-13-15-22-17(20)16(3)19-18(21)23-14-5-2/h5,16H,2,4,6-15H2,1,3H3,(H,19,21). The quantitative estimate of drug-likeness (QED) is 0.292. The molecule has 0 aliphatic heterocycles. The van der Waals surface area contributed by atoms with Crippen LogP contribution in [0.25, 0.3) is 0 Å². The van der Waals surface area contributed by atoms with E-state index in [1.807, 2.05) is 0 Å². The summed E-state index contributed by atoms with van der Waals surface area (Å²) in [6.45, 7) is 7.76. The number of hydrogen-bond acceptors (Lipinski definition) is 4. The summed E-state index contributed by atoms with van der Waals surface area (Å²) in [6, 6.07) is -0.703. The zero-order valence-corrected chi connectivity index (χ0v) is 14.8. The Labute approximate surface area is 140 Å². The molecule has 0 aromatic heterocycles. The summed E-state index contributed by atoms with van der Waals surface area (Å²) in [5.74, 6) is -0.430. The molecule has 5 heteroatoms. The molecule has 1 atom stereocenters. The molecule has 0 heterocycles. The highest BCUT2D eigenvalue weighted by molar-refractivity contribution is 5.80. The van der Waals surface area contributed by atoms with Gasteiger partial charge in [0.15, 0.2) is 0 Å². The third-order valence-electron chi connectivity index (χ3n) is 3.51. The van der Waals surface area contributed by atoms with Gasteiger partial charge in [-0.15, -0.1) is 0 Å². The van der Waals surface area contributed by atoms with Gasteiger partial charge in [0.25, 0.3) is 0 Å². The van der Waals surface area contributed by atoms with Crippen LogP contribution in [-0.4, -0.2) is 31.3 Å². The second kappa shape index (κ2) is 15.4. The maximum absolute atomic E-state index is 11.7. The van der Waals surface area contributed by atoms with E-state index in [9.17, 15) is 9.59 Å². The Kier molecular flexibility index (Phi) is 14.4. The summed E-state index contributed by atoms with van der Waals surface area (Å²) < 4.78 is 9.88. The van der Waals surface area contributed by atoms with Crippen LogP contribution >= 0.6 is 0 Å². The van der Waals surface area contributed by atoms with E-state index in [4.69, 9.17) is 9.47 Å². The molecule has 0 aliphatic carbocycles. The lowest BCUT2D eigenvalue weighted by molar-refractivity contribution is -0.145. The number of esters is 1. The van der Waals surface area contributed by atoms with E-state index < -0.39 is 18.1 Å². The molecule has 1 amide bonds. The average Bonchev–Trinajstić information content (AvgIpc) is 2.54. The van der Waals surface area contributed by atoms with E-state index in [0.717, 1.165) is 12.8 Å². The third kappa shape index (κ3) is 13.8. The molecule has 0 spiro atoms. The van der Waals surface area contributed by atoms with Crippen LogP contribution in [0.2, 0.25) is 0 Å². The number of unbranched alkanes of at least 4 members (excludes halogenated alkanes) is 8. The van der Waals surface area contributed by atoms with Gasteiger partial charge in [0.2, 0.25) is 0 Å². The van der Waals surface area contributed by atoms with Crippen molar-refractivity contribution in [2.75, 3.05) is 13.2 Å². The summed E-state index contributed by atoms with van der Waals surface area (Å²) in [7, 11) is 0. The number of carbonyl (C=O) groups excluding carboxylic acids is 2. The maximum Gasteiger partial charge on any atom is 0.408 e. The molecular formula is C18H33NO4. The monoisotopic (exact) mass is 327 g/mol. The molecule has 0 fully saturated rings. The smallest absolute Gasteiger partial charge is 0.408 e. The molecule has 0 rings (SSSR count). The minimum absolute atomic E-state index is 0.117. The van der Waals surface area contributed by atoms with Crippen LogP contribution in [0.5, 0.6) is 0 Å². The van der Waals surface area contributed by atoms with Gasteiger partial charge < -0.3 is 14.8 Å². The van der Waals surface area contributed by atoms with Crippen molar-refractivity contribution in [2.45, 2.75) is 77.7 Å². The number of hydrogen-bond donors (Lipinski definition) is 1. The first kappa shape index (κ1) is 21.5. The molecule has 1 N–H and O–H groups in total. The molecule has 5 nitrogen and oxygen atoms in total. The van der Waals surface area contributed by atoms with Gasteiger partial charge in [0.1, 0.15) is 12.6 Å². The number of nitrogens with one attached hydrogen (secondary N) is 1. The topological polar surface area (TPSA) is 64.6 Å². The number of rotatable bonds is 14. The second-order valence-electron chi connectivity index (χ2n) is 5.75. The van der Waals surface area contributed by atoms with Crippen molar-refractivity contribution in [3.8, 4) is 0 Å². The first-order chi connectivity index (χ1) is 11.1. The van der Waals surface area contributed by atoms with Crippen molar-refractivity contribution in [1.29, 1.82) is 0 Å². The van der Waals surface area contributed by atoms with Crippen LogP contribution in [0.4, 0.5) is 4.79 Å². The lowest BCUT2D eigenvalue weighted by atomic mass is 10.1. The normalized spacial score (nSPS) is 11.6. The predicted octanol–water partition coefficient (Wildman–Crippen LogP) is 4.36. The molecule has 0 radical (unpaired) electrons. The minimum Gasteiger partial charge on any atom is -0.464 e. The van der Waals surface area contributed by atoms with Gasteiger partial charge in [-0.3, -0.25) is 0 Å². The fourth-order valence-electron chi connectivity index (χ4n) is 2.12. The van der Waals surface area contributed by atoms with Gasteiger partial charge in [0, 0.05) is 0 Å². The number of ether oxygens (including phenoxy) is 2. The molecule has 1 unspecified atom stereocenters. The van der Waals surface area contributed by atoms with Crippen LogP contribution in [0.15, 0.2) is 12.7 Å². The molecule has 23 heavy (non-hydrogen) atoms. The van der Waals surface area contributed by atoms with E-state index >= 15 is 0 Å². The second-order valence-corrected chi connectivity index (χ2v) is 5.75. The Morgan fingerprint density at radius 1 is 1.00 bits per heavy atom. The Morgan fingerprint density at radius 3 is 2.13 bits per heavy atom. The summed E-state index contributed by atoms with van der Waals surface area (Å²) in [6.07, 6.45) is 11.8. The van der Waals surface area contributed by atoms with Crippen LogP contribution in [0, 0.1) is 0 Å². The number of alkyl carbamates (subject to hydrolysis) is 1. The molecule has 0 saturated carbocycles. The van der Waals surface area contributed by atoms with Gasteiger partial charge in [0.05, 0.1) is 6.61 Å². The Hall–Kier alpha value is -1.52. The summed E-state index contributed by atoms with van der Waals surface area (Å²) >= 11 is 0. The van der Waals surface area contributed by atoms with E-state index in [0.29, 0.717) is 6.61 Å². The third-order valence-corrected chi connectivity index (χ3v) is 3.51. The summed E-state index contributed by atoms with van der Waals surface area (Å²) in [5, 5.41) is 2.42. The lowest BCUT2D eigenvalue weighted by Gasteiger charge is -2.13. The highest BCUT2D eigenvalue weighted by Crippen LogP contribution is 2.09. The Balaban J connectivity index is 3.48. The van der Waals surface area contributed by atoms with Crippen LogP contribution in [-0.2, 0) is 14.3 Å². The van der Waals surface area contributed by atoms with Crippen molar-refractivity contribution in [3.63, 3.8) is 0 Å². The lowest BCUT2D eigenvalue weighted by Crippen LogP contribution is -2.40. The highest BCUT2D eigenvalue weighted by Gasteiger charge is 2.17. The largest absolute Gasteiger partial charge is 0.464 e. The van der Waals surface area contributed by atoms with Crippen LogP contribution in [0.3, 0.4) is 0 Å². The van der Waals surface area contributed by atoms with Crippen molar-refractivity contribution < 1.29 is 19.1 Å². The van der Waals surface area contributed by atoms with E-state index in [2.05, 4.69) is 18.8 Å². The van der Waals surface area contributed by atoms with Gasteiger partial charge in [-0.25, -0.2) is 9.59 Å². The van der Waals surface area contributed by atoms with Gasteiger partial charge in [-0.2, -0.15) is 0 Å². The fourth-order valence-corrected chi connectivity index (χ4v) is 2.12. The minimum atomic E-state index is -0.703. The summed E-state index contributed by atoms with van der Waals surface area (Å²) in [4.78, 5) is 22.9. The van der Waals surface area contributed by atoms with Gasteiger partial charge in [-0.1, -0.05) is 70.9 Å².